The number of carbonyl (C=O) groups excluding carboxylic acids is 1. The van der Waals surface area contributed by atoms with Crippen LogP contribution in [0.25, 0.3) is 0 Å². The molecule has 2 atom stereocenters. The van der Waals surface area contributed by atoms with Crippen LogP contribution in [0.3, 0.4) is 0 Å². The van der Waals surface area contributed by atoms with E-state index in [0.717, 1.165) is 30.2 Å². The molecule has 1 aromatic rings. The van der Waals surface area contributed by atoms with E-state index in [1.165, 1.54) is 0 Å². The summed E-state index contributed by atoms with van der Waals surface area (Å²) >= 11 is 1.69. The number of thioether (sulfide) groups is 1. The third-order valence-electron chi connectivity index (χ3n) is 4.41. The van der Waals surface area contributed by atoms with E-state index in [-0.39, 0.29) is 18.1 Å². The van der Waals surface area contributed by atoms with Gasteiger partial charge in [-0.25, -0.2) is 0 Å². The van der Waals surface area contributed by atoms with E-state index >= 15 is 0 Å². The highest BCUT2D eigenvalue weighted by atomic mass is 32.2. The summed E-state index contributed by atoms with van der Waals surface area (Å²) < 4.78 is 5.89. The Kier molecular flexibility index (Phi) is 5.46. The Morgan fingerprint density at radius 3 is 2.83 bits per heavy atom. The Hall–Kier alpha value is -1.24. The maximum Gasteiger partial charge on any atom is 0.264 e. The Bertz CT molecular complexity index is 546. The zero-order valence-electron chi connectivity index (χ0n) is 13.5. The number of benzene rings is 1. The van der Waals surface area contributed by atoms with Gasteiger partial charge in [-0.05, 0) is 18.6 Å². The van der Waals surface area contributed by atoms with Crippen LogP contribution in [-0.4, -0.2) is 71.5 Å². The van der Waals surface area contributed by atoms with Crippen LogP contribution in [0.1, 0.15) is 13.3 Å². The van der Waals surface area contributed by atoms with Gasteiger partial charge >= 0.3 is 0 Å². The van der Waals surface area contributed by atoms with Crippen LogP contribution in [0.5, 0.6) is 5.75 Å². The quantitative estimate of drug-likeness (QED) is 0.902. The zero-order valence-corrected chi connectivity index (χ0v) is 14.3. The third-order valence-corrected chi connectivity index (χ3v) is 5.53. The minimum atomic E-state index is -0.386. The predicted molar refractivity (Wildman–Crippen MR) is 90.9 cm³/mol. The smallest absolute Gasteiger partial charge is 0.264 e. The Balaban J connectivity index is 1.52. The fourth-order valence-electron chi connectivity index (χ4n) is 2.92. The Labute approximate surface area is 141 Å². The number of nitrogens with zero attached hydrogens (tertiary/aromatic N) is 2. The van der Waals surface area contributed by atoms with E-state index in [2.05, 4.69) is 4.90 Å². The average Bonchev–Trinajstić information content (AvgIpc) is 2.61. The normalized spacial score (nSPS) is 23.0. The summed E-state index contributed by atoms with van der Waals surface area (Å²) in [5.74, 6) is 1.57. The lowest BCUT2D eigenvalue weighted by atomic mass is 10.2. The topological polar surface area (TPSA) is 53.0 Å². The number of hydrogen-bond donors (Lipinski definition) is 1. The van der Waals surface area contributed by atoms with E-state index in [1.807, 2.05) is 36.1 Å². The maximum atomic E-state index is 12.7. The predicted octanol–water partition coefficient (Wildman–Crippen LogP) is 1.45. The number of amides is 1. The zero-order chi connectivity index (χ0) is 16.2. The number of carbonyl (C=O) groups is 1. The molecule has 6 heteroatoms. The second-order valence-electron chi connectivity index (χ2n) is 6.05. The van der Waals surface area contributed by atoms with E-state index < -0.39 is 0 Å². The molecule has 2 aliphatic rings. The SMILES string of the molecule is CC[C@H](O)CN1CCN(C(=O)[C@H]2CSc3ccccc3O2)CC1. The van der Waals surface area contributed by atoms with E-state index in [4.69, 9.17) is 4.74 Å². The van der Waals surface area contributed by atoms with Gasteiger partial charge < -0.3 is 14.7 Å². The first-order valence-corrected chi connectivity index (χ1v) is 9.23. The molecule has 0 aromatic heterocycles. The number of aliphatic hydroxyl groups excluding tert-OH is 1. The molecule has 0 saturated carbocycles. The van der Waals surface area contributed by atoms with Crippen molar-refractivity contribution >= 4 is 17.7 Å². The van der Waals surface area contributed by atoms with Crippen molar-refractivity contribution in [2.45, 2.75) is 30.4 Å². The lowest BCUT2D eigenvalue weighted by molar-refractivity contribution is -0.139. The van der Waals surface area contributed by atoms with Gasteiger partial charge in [0.15, 0.2) is 6.10 Å². The second-order valence-corrected chi connectivity index (χ2v) is 7.11. The number of rotatable bonds is 4. The van der Waals surface area contributed by atoms with E-state index in [9.17, 15) is 9.90 Å². The van der Waals surface area contributed by atoms with Crippen LogP contribution in [0, 0.1) is 0 Å². The second kappa shape index (κ2) is 7.55. The molecule has 1 saturated heterocycles. The number of ether oxygens (including phenoxy) is 1. The van der Waals surface area contributed by atoms with Crippen molar-refractivity contribution in [2.24, 2.45) is 0 Å². The molecule has 0 unspecified atom stereocenters. The summed E-state index contributed by atoms with van der Waals surface area (Å²) in [7, 11) is 0. The van der Waals surface area contributed by atoms with Crippen LogP contribution in [-0.2, 0) is 4.79 Å². The lowest BCUT2D eigenvalue weighted by Crippen LogP contribution is -2.54. The molecule has 1 amide bonds. The molecule has 0 bridgehead atoms. The van der Waals surface area contributed by atoms with Crippen LogP contribution >= 0.6 is 11.8 Å². The number of aliphatic hydroxyl groups is 1. The molecule has 1 fully saturated rings. The molecule has 126 valence electrons. The lowest BCUT2D eigenvalue weighted by Gasteiger charge is -2.37. The molecular weight excluding hydrogens is 312 g/mol. The molecule has 1 aromatic carbocycles. The highest BCUT2D eigenvalue weighted by Gasteiger charge is 2.32. The first kappa shape index (κ1) is 16.6. The summed E-state index contributed by atoms with van der Waals surface area (Å²) in [5, 5.41) is 9.74. The van der Waals surface area contributed by atoms with Gasteiger partial charge in [0.05, 0.1) is 6.10 Å². The molecule has 0 aliphatic carbocycles. The number of fused-ring (bicyclic) bond motifs is 1. The highest BCUT2D eigenvalue weighted by molar-refractivity contribution is 7.99. The summed E-state index contributed by atoms with van der Waals surface area (Å²) in [6, 6.07) is 7.87. The molecular formula is C17H24N2O3S. The molecule has 2 aliphatic heterocycles. The molecule has 1 N–H and O–H groups in total. The minimum Gasteiger partial charge on any atom is -0.479 e. The Morgan fingerprint density at radius 1 is 1.35 bits per heavy atom. The van der Waals surface area contributed by atoms with Crippen molar-refractivity contribution in [3.63, 3.8) is 0 Å². The van der Waals surface area contributed by atoms with Crippen molar-refractivity contribution in [1.82, 2.24) is 9.80 Å². The van der Waals surface area contributed by atoms with Gasteiger partial charge in [0.25, 0.3) is 5.91 Å². The van der Waals surface area contributed by atoms with Gasteiger partial charge in [-0.3, -0.25) is 9.69 Å². The van der Waals surface area contributed by atoms with Gasteiger partial charge in [-0.2, -0.15) is 0 Å². The molecule has 0 spiro atoms. The van der Waals surface area contributed by atoms with Gasteiger partial charge in [0, 0.05) is 43.4 Å². The third kappa shape index (κ3) is 4.00. The molecule has 5 nitrogen and oxygen atoms in total. The first-order chi connectivity index (χ1) is 11.2. The number of para-hydroxylation sites is 1. The van der Waals surface area contributed by atoms with Crippen LogP contribution in [0.2, 0.25) is 0 Å². The minimum absolute atomic E-state index is 0.0858. The van der Waals surface area contributed by atoms with Crippen molar-refractivity contribution in [3.05, 3.63) is 24.3 Å². The fraction of sp³-hybridized carbons (Fsp3) is 0.588. The monoisotopic (exact) mass is 336 g/mol. The molecule has 0 radical (unpaired) electrons. The largest absolute Gasteiger partial charge is 0.479 e. The Morgan fingerprint density at radius 2 is 2.09 bits per heavy atom. The number of piperazine rings is 1. The number of β-amino-alcohol motifs (C(OH)–C–C–N with tert-alkyl or cyclic N) is 1. The van der Waals surface area contributed by atoms with E-state index in [0.29, 0.717) is 25.4 Å². The summed E-state index contributed by atoms with van der Waals surface area (Å²) in [6.07, 6.45) is 0.112. The first-order valence-electron chi connectivity index (χ1n) is 8.25. The van der Waals surface area contributed by atoms with Gasteiger partial charge in [0.1, 0.15) is 5.75 Å². The van der Waals surface area contributed by atoms with Crippen LogP contribution in [0.4, 0.5) is 0 Å². The van der Waals surface area contributed by atoms with Crippen molar-refractivity contribution in [3.8, 4) is 5.75 Å². The molecule has 23 heavy (non-hydrogen) atoms. The van der Waals surface area contributed by atoms with E-state index in [1.54, 1.807) is 11.8 Å². The average molecular weight is 336 g/mol. The van der Waals surface area contributed by atoms with Gasteiger partial charge in [-0.1, -0.05) is 19.1 Å². The van der Waals surface area contributed by atoms with Crippen molar-refractivity contribution < 1.29 is 14.6 Å². The summed E-state index contributed by atoms with van der Waals surface area (Å²) in [5.41, 5.74) is 0. The summed E-state index contributed by atoms with van der Waals surface area (Å²) in [4.78, 5) is 17.9. The molecule has 3 rings (SSSR count). The highest BCUT2D eigenvalue weighted by Crippen LogP contribution is 2.35. The summed E-state index contributed by atoms with van der Waals surface area (Å²) in [6.45, 7) is 5.74. The maximum absolute atomic E-state index is 12.7. The van der Waals surface area contributed by atoms with Crippen molar-refractivity contribution in [1.29, 1.82) is 0 Å². The van der Waals surface area contributed by atoms with Crippen LogP contribution < -0.4 is 4.74 Å². The standard InChI is InChI=1S/C17H24N2O3S/c1-2-13(20)11-18-7-9-19(10-8-18)17(21)15-12-23-16-6-4-3-5-14(16)22-15/h3-6,13,15,20H,2,7-12H2,1H3/t13-,15+/m0/s1. The van der Waals surface area contributed by atoms with Gasteiger partial charge in [0.2, 0.25) is 0 Å². The fourth-order valence-corrected chi connectivity index (χ4v) is 3.90. The van der Waals surface area contributed by atoms with Crippen molar-refractivity contribution in [2.75, 3.05) is 38.5 Å². The van der Waals surface area contributed by atoms with Gasteiger partial charge in [-0.15, -0.1) is 11.8 Å². The number of hydrogen-bond acceptors (Lipinski definition) is 5. The molecule has 2 heterocycles. The van der Waals surface area contributed by atoms with Crippen LogP contribution in [0.15, 0.2) is 29.2 Å².